The highest BCUT2D eigenvalue weighted by Crippen LogP contribution is 2.17. The molecule has 106 valence electrons. The zero-order valence-corrected chi connectivity index (χ0v) is 13.3. The Hall–Kier alpha value is -1.33. The summed E-state index contributed by atoms with van der Waals surface area (Å²) < 4.78 is 0. The molecule has 2 rings (SSSR count). The number of thiazole rings is 1. The molecule has 3 nitrogen and oxygen atoms in total. The molecule has 0 saturated carbocycles. The van der Waals surface area contributed by atoms with Gasteiger partial charge in [0.25, 0.3) is 0 Å². The third kappa shape index (κ3) is 4.65. The zero-order valence-electron chi connectivity index (χ0n) is 11.6. The van der Waals surface area contributed by atoms with Crippen molar-refractivity contribution < 1.29 is 4.79 Å². The minimum absolute atomic E-state index is 0.0590. The van der Waals surface area contributed by atoms with Gasteiger partial charge >= 0.3 is 0 Å². The number of nitrogens with zero attached hydrogens (tertiary/aromatic N) is 1. The Kier molecular flexibility index (Phi) is 5.61. The number of hydrogen-bond acceptors (Lipinski definition) is 4. The van der Waals surface area contributed by atoms with Crippen molar-refractivity contribution in [2.75, 3.05) is 0 Å². The van der Waals surface area contributed by atoms with Crippen LogP contribution in [-0.4, -0.2) is 16.1 Å². The summed E-state index contributed by atoms with van der Waals surface area (Å²) in [6.07, 6.45) is 0. The van der Waals surface area contributed by atoms with Crippen LogP contribution in [0.4, 0.5) is 0 Å². The van der Waals surface area contributed by atoms with Gasteiger partial charge < -0.3 is 5.32 Å². The number of carbonyl (C=O) groups is 1. The van der Waals surface area contributed by atoms with Gasteiger partial charge in [0.15, 0.2) is 0 Å². The first kappa shape index (κ1) is 15.1. The Bertz CT molecular complexity index is 554. The predicted molar refractivity (Wildman–Crippen MR) is 85.9 cm³/mol. The van der Waals surface area contributed by atoms with Crippen LogP contribution in [0.5, 0.6) is 0 Å². The molecule has 1 heterocycles. The van der Waals surface area contributed by atoms with E-state index in [1.807, 2.05) is 37.4 Å². The van der Waals surface area contributed by atoms with Gasteiger partial charge in [0.1, 0.15) is 5.01 Å². The first-order chi connectivity index (χ1) is 9.65. The first-order valence-corrected chi connectivity index (χ1v) is 8.42. The zero-order chi connectivity index (χ0) is 14.4. The summed E-state index contributed by atoms with van der Waals surface area (Å²) in [4.78, 5) is 16.3. The summed E-state index contributed by atoms with van der Waals surface area (Å²) in [5, 5.41) is 5.83. The average Bonchev–Trinajstić information content (AvgIpc) is 2.89. The van der Waals surface area contributed by atoms with Crippen LogP contribution in [0.2, 0.25) is 0 Å². The number of rotatable bonds is 6. The van der Waals surface area contributed by atoms with Gasteiger partial charge in [-0.1, -0.05) is 30.3 Å². The van der Waals surface area contributed by atoms with E-state index in [2.05, 4.69) is 22.4 Å². The number of benzene rings is 1. The monoisotopic (exact) mass is 306 g/mol. The van der Waals surface area contributed by atoms with Gasteiger partial charge in [-0.3, -0.25) is 4.79 Å². The second-order valence-corrected chi connectivity index (χ2v) is 6.81. The van der Waals surface area contributed by atoms with E-state index in [1.54, 1.807) is 23.1 Å². The molecule has 1 aromatic carbocycles. The predicted octanol–water partition coefficient (Wildman–Crippen LogP) is 3.39. The molecule has 0 aliphatic heterocycles. The second-order valence-electron chi connectivity index (χ2n) is 4.54. The van der Waals surface area contributed by atoms with Crippen LogP contribution in [0, 0.1) is 6.92 Å². The van der Waals surface area contributed by atoms with Crippen LogP contribution in [0.1, 0.15) is 23.2 Å². The van der Waals surface area contributed by atoms with Crippen molar-refractivity contribution in [2.45, 2.75) is 31.4 Å². The van der Waals surface area contributed by atoms with Gasteiger partial charge in [0, 0.05) is 16.8 Å². The fraction of sp³-hybridized carbons (Fsp3) is 0.333. The largest absolute Gasteiger partial charge is 0.349 e. The van der Waals surface area contributed by atoms with Gasteiger partial charge in [-0.25, -0.2) is 4.98 Å². The molecular formula is C15H18N2OS2. The van der Waals surface area contributed by atoms with Gasteiger partial charge in [-0.15, -0.1) is 23.1 Å². The smallest absolute Gasteiger partial charge is 0.233 e. The Morgan fingerprint density at radius 2 is 2.15 bits per heavy atom. The van der Waals surface area contributed by atoms with E-state index in [1.165, 1.54) is 5.56 Å². The number of aromatic nitrogens is 1. The summed E-state index contributed by atoms with van der Waals surface area (Å²) in [6.45, 7) is 4.42. The molecule has 1 atom stereocenters. The summed E-state index contributed by atoms with van der Waals surface area (Å²) >= 11 is 3.23. The Balaban J connectivity index is 1.74. The lowest BCUT2D eigenvalue weighted by atomic mass is 10.2. The maximum atomic E-state index is 12.0. The van der Waals surface area contributed by atoms with Gasteiger partial charge in [-0.05, 0) is 19.4 Å². The summed E-state index contributed by atoms with van der Waals surface area (Å²) in [5.41, 5.74) is 2.25. The van der Waals surface area contributed by atoms with Crippen LogP contribution in [-0.2, 0) is 17.1 Å². The van der Waals surface area contributed by atoms with Crippen LogP contribution in [0.25, 0.3) is 0 Å². The topological polar surface area (TPSA) is 42.0 Å². The molecule has 0 aliphatic carbocycles. The van der Waals surface area contributed by atoms with Crippen molar-refractivity contribution in [2.24, 2.45) is 0 Å². The van der Waals surface area contributed by atoms with E-state index in [-0.39, 0.29) is 11.2 Å². The quantitative estimate of drug-likeness (QED) is 0.889. The van der Waals surface area contributed by atoms with Gasteiger partial charge in [-0.2, -0.15) is 0 Å². The standard InChI is InChI=1S/C15H18N2OS2/c1-11-9-20-14(17-11)8-16-15(18)12(2)19-10-13-6-4-3-5-7-13/h3-7,9,12H,8,10H2,1-2H3,(H,16,18)/t12-/m1/s1. The van der Waals surface area contributed by atoms with E-state index < -0.39 is 0 Å². The third-order valence-corrected chi connectivity index (χ3v) is 4.97. The van der Waals surface area contributed by atoms with Crippen LogP contribution >= 0.6 is 23.1 Å². The highest BCUT2D eigenvalue weighted by Gasteiger charge is 2.13. The van der Waals surface area contributed by atoms with E-state index in [9.17, 15) is 4.79 Å². The SMILES string of the molecule is Cc1csc(CNC(=O)[C@@H](C)SCc2ccccc2)n1. The van der Waals surface area contributed by atoms with Crippen LogP contribution in [0.3, 0.4) is 0 Å². The number of hydrogen-bond donors (Lipinski definition) is 1. The third-order valence-electron chi connectivity index (χ3n) is 2.79. The first-order valence-electron chi connectivity index (χ1n) is 6.49. The second kappa shape index (κ2) is 7.45. The van der Waals surface area contributed by atoms with E-state index in [0.29, 0.717) is 6.54 Å². The summed E-state index contributed by atoms with van der Waals surface area (Å²) in [6, 6.07) is 10.2. The normalized spacial score (nSPS) is 12.1. The molecule has 0 fully saturated rings. The lowest BCUT2D eigenvalue weighted by Gasteiger charge is -2.11. The van der Waals surface area contributed by atoms with Crippen LogP contribution in [0.15, 0.2) is 35.7 Å². The molecule has 1 N–H and O–H groups in total. The maximum Gasteiger partial charge on any atom is 0.233 e. The van der Waals surface area contributed by atoms with E-state index in [4.69, 9.17) is 0 Å². The number of aryl methyl sites for hydroxylation is 1. The van der Waals surface area contributed by atoms with Crippen molar-refractivity contribution >= 4 is 29.0 Å². The maximum absolute atomic E-state index is 12.0. The number of thioether (sulfide) groups is 1. The molecule has 1 aromatic heterocycles. The fourth-order valence-electron chi connectivity index (χ4n) is 1.66. The molecule has 20 heavy (non-hydrogen) atoms. The molecule has 1 amide bonds. The average molecular weight is 306 g/mol. The highest BCUT2D eigenvalue weighted by molar-refractivity contribution is 7.99. The van der Waals surface area contributed by atoms with Crippen LogP contribution < -0.4 is 5.32 Å². The molecule has 0 spiro atoms. The van der Waals surface area contributed by atoms with Gasteiger partial charge in [0.2, 0.25) is 5.91 Å². The van der Waals surface area contributed by atoms with Crippen molar-refractivity contribution in [3.8, 4) is 0 Å². The molecule has 2 aromatic rings. The van der Waals surface area contributed by atoms with E-state index >= 15 is 0 Å². The molecular weight excluding hydrogens is 288 g/mol. The molecule has 0 radical (unpaired) electrons. The summed E-state index contributed by atoms with van der Waals surface area (Å²) in [5.74, 6) is 0.921. The van der Waals surface area contributed by atoms with E-state index in [0.717, 1.165) is 16.5 Å². The Morgan fingerprint density at radius 3 is 2.80 bits per heavy atom. The molecule has 0 bridgehead atoms. The number of carbonyl (C=O) groups excluding carboxylic acids is 1. The molecule has 5 heteroatoms. The Morgan fingerprint density at radius 1 is 1.40 bits per heavy atom. The lowest BCUT2D eigenvalue weighted by molar-refractivity contribution is -0.120. The minimum Gasteiger partial charge on any atom is -0.349 e. The lowest BCUT2D eigenvalue weighted by Crippen LogP contribution is -2.30. The van der Waals surface area contributed by atoms with Gasteiger partial charge in [0.05, 0.1) is 11.8 Å². The molecule has 0 aliphatic rings. The molecule has 0 saturated heterocycles. The fourth-order valence-corrected chi connectivity index (χ4v) is 3.24. The van der Waals surface area contributed by atoms with Crippen molar-refractivity contribution in [3.63, 3.8) is 0 Å². The highest BCUT2D eigenvalue weighted by atomic mass is 32.2. The van der Waals surface area contributed by atoms with Crippen molar-refractivity contribution in [1.82, 2.24) is 10.3 Å². The minimum atomic E-state index is -0.0590. The van der Waals surface area contributed by atoms with Crippen molar-refractivity contribution in [1.29, 1.82) is 0 Å². The Labute approximate surface area is 127 Å². The number of nitrogens with one attached hydrogen (secondary N) is 1. The van der Waals surface area contributed by atoms with Crippen molar-refractivity contribution in [3.05, 3.63) is 52.0 Å². The molecule has 0 unspecified atom stereocenters. The summed E-state index contributed by atoms with van der Waals surface area (Å²) in [7, 11) is 0. The number of amides is 1.